The van der Waals surface area contributed by atoms with Crippen LogP contribution in [-0.4, -0.2) is 37.1 Å². The van der Waals surface area contributed by atoms with Gasteiger partial charge >= 0.3 is 0 Å². The molecule has 1 aliphatic rings. The van der Waals surface area contributed by atoms with E-state index in [1.165, 1.54) is 67.4 Å². The molecule has 0 aromatic heterocycles. The minimum atomic E-state index is 0.769. The molecule has 1 unspecified atom stereocenters. The number of nitrogens with one attached hydrogen (secondary N) is 1. The molecule has 0 radical (unpaired) electrons. The van der Waals surface area contributed by atoms with Crippen molar-refractivity contribution in [3.05, 3.63) is 59.7 Å². The van der Waals surface area contributed by atoms with E-state index in [-0.39, 0.29) is 0 Å². The van der Waals surface area contributed by atoms with Gasteiger partial charge in [0.15, 0.2) is 0 Å². The predicted octanol–water partition coefficient (Wildman–Crippen LogP) is 5.31. The monoisotopic (exact) mass is 364 g/mol. The average Bonchev–Trinajstić information content (AvgIpc) is 3.12. The maximum Gasteiger partial charge on any atom is 0.00675 e. The molecular formula is C25H36N2. The third-order valence-corrected chi connectivity index (χ3v) is 5.94. The fourth-order valence-electron chi connectivity index (χ4n) is 4.08. The van der Waals surface area contributed by atoms with Crippen LogP contribution in [0.4, 0.5) is 0 Å². The fourth-order valence-corrected chi connectivity index (χ4v) is 4.08. The number of aryl methyl sites for hydroxylation is 1. The molecule has 146 valence electrons. The molecule has 27 heavy (non-hydrogen) atoms. The van der Waals surface area contributed by atoms with Crippen molar-refractivity contribution in [2.45, 2.75) is 58.4 Å². The third-order valence-electron chi connectivity index (χ3n) is 5.94. The molecule has 0 bridgehead atoms. The van der Waals surface area contributed by atoms with E-state index in [2.05, 4.69) is 72.6 Å². The summed E-state index contributed by atoms with van der Waals surface area (Å²) in [7, 11) is 0. The largest absolute Gasteiger partial charge is 0.317 e. The summed E-state index contributed by atoms with van der Waals surface area (Å²) >= 11 is 0. The number of nitrogens with zero attached hydrogens (tertiary/aromatic N) is 1. The number of likely N-dealkylation sites (tertiary alicyclic amines) is 1. The Labute approximate surface area is 166 Å². The second-order valence-corrected chi connectivity index (χ2v) is 7.98. The number of rotatable bonds is 10. The summed E-state index contributed by atoms with van der Waals surface area (Å²) in [5.74, 6) is 0. The van der Waals surface area contributed by atoms with Crippen molar-refractivity contribution >= 4 is 0 Å². The first kappa shape index (κ1) is 20.1. The van der Waals surface area contributed by atoms with E-state index in [4.69, 9.17) is 0 Å². The van der Waals surface area contributed by atoms with E-state index >= 15 is 0 Å². The van der Waals surface area contributed by atoms with Crippen molar-refractivity contribution in [1.82, 2.24) is 10.2 Å². The van der Waals surface area contributed by atoms with Crippen molar-refractivity contribution in [2.24, 2.45) is 0 Å². The first-order valence-electron chi connectivity index (χ1n) is 10.9. The molecule has 1 N–H and O–H groups in total. The van der Waals surface area contributed by atoms with Gasteiger partial charge in [0.2, 0.25) is 0 Å². The Morgan fingerprint density at radius 3 is 2.07 bits per heavy atom. The Hall–Kier alpha value is -1.64. The van der Waals surface area contributed by atoms with Gasteiger partial charge in [-0.05, 0) is 87.3 Å². The van der Waals surface area contributed by atoms with Crippen LogP contribution in [0.25, 0.3) is 11.1 Å². The molecule has 3 rings (SSSR count). The first-order chi connectivity index (χ1) is 13.3. The minimum Gasteiger partial charge on any atom is -0.317 e. The second kappa shape index (κ2) is 10.6. The second-order valence-electron chi connectivity index (χ2n) is 7.98. The predicted molar refractivity (Wildman–Crippen MR) is 117 cm³/mol. The molecule has 2 aromatic rings. The van der Waals surface area contributed by atoms with Gasteiger partial charge < -0.3 is 10.2 Å². The topological polar surface area (TPSA) is 15.3 Å². The molecule has 1 atom stereocenters. The number of hydrogen-bond acceptors (Lipinski definition) is 2. The summed E-state index contributed by atoms with van der Waals surface area (Å²) in [6, 6.07) is 19.1. The Morgan fingerprint density at radius 1 is 0.889 bits per heavy atom. The number of hydrogen-bond donors (Lipinski definition) is 1. The lowest BCUT2D eigenvalue weighted by atomic mass is 10.00. The van der Waals surface area contributed by atoms with Crippen LogP contribution in [0.1, 0.15) is 50.7 Å². The Morgan fingerprint density at radius 2 is 1.52 bits per heavy atom. The Bertz CT molecular complexity index is 660. The zero-order valence-electron chi connectivity index (χ0n) is 17.2. The highest BCUT2D eigenvalue weighted by atomic mass is 15.2. The number of unbranched alkanes of at least 4 members (excludes halogenated alkanes) is 1. The molecule has 0 saturated carbocycles. The van der Waals surface area contributed by atoms with Gasteiger partial charge in [-0.2, -0.15) is 0 Å². The van der Waals surface area contributed by atoms with Crippen molar-refractivity contribution in [3.63, 3.8) is 0 Å². The maximum absolute atomic E-state index is 3.39. The van der Waals surface area contributed by atoms with Gasteiger partial charge in [0.25, 0.3) is 0 Å². The van der Waals surface area contributed by atoms with Crippen LogP contribution < -0.4 is 5.32 Å². The first-order valence-corrected chi connectivity index (χ1v) is 10.9. The zero-order chi connectivity index (χ0) is 18.9. The van der Waals surface area contributed by atoms with Gasteiger partial charge in [0, 0.05) is 12.6 Å². The molecule has 1 saturated heterocycles. The van der Waals surface area contributed by atoms with Gasteiger partial charge in [-0.1, -0.05) is 55.5 Å². The van der Waals surface area contributed by atoms with E-state index in [1.807, 2.05) is 0 Å². The van der Waals surface area contributed by atoms with Crippen LogP contribution in [-0.2, 0) is 12.8 Å². The highest BCUT2D eigenvalue weighted by Gasteiger charge is 2.19. The molecular weight excluding hydrogens is 328 g/mol. The van der Waals surface area contributed by atoms with Gasteiger partial charge in [0.05, 0.1) is 0 Å². The molecule has 1 fully saturated rings. The van der Waals surface area contributed by atoms with Crippen LogP contribution in [0.3, 0.4) is 0 Å². The average molecular weight is 365 g/mol. The molecule has 2 aromatic carbocycles. The fraction of sp³-hybridized carbons (Fsp3) is 0.520. The van der Waals surface area contributed by atoms with Crippen LogP contribution in [0.5, 0.6) is 0 Å². The molecule has 0 amide bonds. The summed E-state index contributed by atoms with van der Waals surface area (Å²) in [6.07, 6.45) is 7.59. The van der Waals surface area contributed by atoms with Crippen molar-refractivity contribution in [3.8, 4) is 11.1 Å². The summed E-state index contributed by atoms with van der Waals surface area (Å²) in [5, 5.41) is 3.39. The van der Waals surface area contributed by atoms with E-state index in [1.54, 1.807) is 0 Å². The van der Waals surface area contributed by atoms with Gasteiger partial charge in [-0.3, -0.25) is 0 Å². The molecule has 1 heterocycles. The minimum absolute atomic E-state index is 0.769. The van der Waals surface area contributed by atoms with Crippen LogP contribution in [0, 0.1) is 0 Å². The van der Waals surface area contributed by atoms with Crippen molar-refractivity contribution < 1.29 is 0 Å². The highest BCUT2D eigenvalue weighted by Crippen LogP contribution is 2.22. The number of benzene rings is 2. The standard InChI is InChI=1S/C25H36N2/c1-3-26-18-5-4-8-22-9-13-24(14-10-22)25-15-11-23(12-16-25)17-20-27-19-6-7-21(27)2/h9-16,21,26H,3-8,17-20H2,1-2H3. The van der Waals surface area contributed by atoms with Gasteiger partial charge in [-0.15, -0.1) is 0 Å². The highest BCUT2D eigenvalue weighted by molar-refractivity contribution is 5.64. The maximum atomic E-state index is 3.39. The molecule has 0 aliphatic carbocycles. The van der Waals surface area contributed by atoms with Crippen molar-refractivity contribution in [2.75, 3.05) is 26.2 Å². The lowest BCUT2D eigenvalue weighted by Crippen LogP contribution is -2.28. The molecule has 2 heteroatoms. The van der Waals surface area contributed by atoms with E-state index in [0.717, 1.165) is 25.6 Å². The quantitative estimate of drug-likeness (QED) is 0.575. The molecule has 1 aliphatic heterocycles. The van der Waals surface area contributed by atoms with E-state index < -0.39 is 0 Å². The normalized spacial score (nSPS) is 17.5. The Balaban J connectivity index is 1.47. The van der Waals surface area contributed by atoms with Crippen molar-refractivity contribution in [1.29, 1.82) is 0 Å². The molecule has 2 nitrogen and oxygen atoms in total. The Kier molecular flexibility index (Phi) is 7.92. The van der Waals surface area contributed by atoms with E-state index in [0.29, 0.717) is 0 Å². The molecule has 0 spiro atoms. The van der Waals surface area contributed by atoms with Crippen LogP contribution in [0.2, 0.25) is 0 Å². The lowest BCUT2D eigenvalue weighted by Gasteiger charge is -2.20. The SMILES string of the molecule is CCNCCCCc1ccc(-c2ccc(CCN3CCCC3C)cc2)cc1. The van der Waals surface area contributed by atoms with Crippen LogP contribution in [0.15, 0.2) is 48.5 Å². The summed E-state index contributed by atoms with van der Waals surface area (Å²) < 4.78 is 0. The summed E-state index contributed by atoms with van der Waals surface area (Å²) in [5.41, 5.74) is 5.56. The summed E-state index contributed by atoms with van der Waals surface area (Å²) in [6.45, 7) is 9.22. The van der Waals surface area contributed by atoms with Gasteiger partial charge in [-0.25, -0.2) is 0 Å². The smallest absolute Gasteiger partial charge is 0.00675 e. The zero-order valence-corrected chi connectivity index (χ0v) is 17.2. The van der Waals surface area contributed by atoms with Crippen LogP contribution >= 0.6 is 0 Å². The van der Waals surface area contributed by atoms with E-state index in [9.17, 15) is 0 Å². The summed E-state index contributed by atoms with van der Waals surface area (Å²) in [4.78, 5) is 2.63. The lowest BCUT2D eigenvalue weighted by molar-refractivity contribution is 0.272. The third kappa shape index (κ3) is 6.19. The van der Waals surface area contributed by atoms with Gasteiger partial charge in [0.1, 0.15) is 0 Å².